The molecule has 0 atom stereocenters. The molecule has 0 aliphatic rings. The molecule has 0 bridgehead atoms. The maximum atomic E-state index is 3.77. The molecule has 1 heterocycles. The zero-order valence-corrected chi connectivity index (χ0v) is 15.4. The quantitative estimate of drug-likeness (QED) is 0.292. The van der Waals surface area contributed by atoms with Crippen molar-refractivity contribution in [2.75, 3.05) is 0 Å². The van der Waals surface area contributed by atoms with Crippen LogP contribution in [0.2, 0.25) is 0 Å². The third-order valence-electron chi connectivity index (χ3n) is 4.98. The monoisotopic (exact) mass is 385 g/mol. The summed E-state index contributed by atoms with van der Waals surface area (Å²) in [6, 6.07) is 28.1. The van der Waals surface area contributed by atoms with Crippen LogP contribution >= 0.6 is 15.9 Å². The fraction of sp³-hybridized carbons (Fsp3) is 0.0435. The van der Waals surface area contributed by atoms with E-state index in [1.807, 2.05) is 0 Å². The van der Waals surface area contributed by atoms with Crippen LogP contribution in [-0.2, 0) is 0 Å². The summed E-state index contributed by atoms with van der Waals surface area (Å²) in [4.78, 5) is 0. The minimum atomic E-state index is 1.14. The lowest BCUT2D eigenvalue weighted by Crippen LogP contribution is -1.96. The Hall–Kier alpha value is -2.58. The first-order chi connectivity index (χ1) is 12.3. The van der Waals surface area contributed by atoms with Crippen molar-refractivity contribution in [3.8, 4) is 5.69 Å². The first-order valence-electron chi connectivity index (χ1n) is 8.42. The number of para-hydroxylation sites is 2. The molecule has 5 aromatic rings. The second-order valence-corrected chi connectivity index (χ2v) is 7.29. The van der Waals surface area contributed by atoms with Gasteiger partial charge in [0, 0.05) is 26.3 Å². The first-order valence-corrected chi connectivity index (χ1v) is 9.21. The van der Waals surface area contributed by atoms with Crippen molar-refractivity contribution in [1.82, 2.24) is 4.57 Å². The first kappa shape index (κ1) is 14.7. The molecule has 0 saturated heterocycles. The Bertz CT molecular complexity index is 1260. The van der Waals surface area contributed by atoms with Gasteiger partial charge in [-0.25, -0.2) is 0 Å². The van der Waals surface area contributed by atoms with Gasteiger partial charge in [-0.3, -0.25) is 0 Å². The van der Waals surface area contributed by atoms with Crippen LogP contribution in [-0.4, -0.2) is 4.57 Å². The Morgan fingerprint density at radius 3 is 2.36 bits per heavy atom. The van der Waals surface area contributed by atoms with E-state index in [0.717, 1.165) is 4.47 Å². The SMILES string of the molecule is Cc1ccccc1-n1c2ccccc2c2c3c(Br)cccc3ccc21. The van der Waals surface area contributed by atoms with Crippen LogP contribution in [0.5, 0.6) is 0 Å². The van der Waals surface area contributed by atoms with Gasteiger partial charge in [0.2, 0.25) is 0 Å². The van der Waals surface area contributed by atoms with Gasteiger partial charge in [-0.2, -0.15) is 0 Å². The van der Waals surface area contributed by atoms with Crippen molar-refractivity contribution in [1.29, 1.82) is 0 Å². The van der Waals surface area contributed by atoms with Crippen LogP contribution in [0.25, 0.3) is 38.3 Å². The topological polar surface area (TPSA) is 4.93 Å². The number of hydrogen-bond donors (Lipinski definition) is 0. The van der Waals surface area contributed by atoms with E-state index in [2.05, 4.69) is 106 Å². The molecular weight excluding hydrogens is 370 g/mol. The van der Waals surface area contributed by atoms with Crippen LogP contribution in [0.3, 0.4) is 0 Å². The summed E-state index contributed by atoms with van der Waals surface area (Å²) in [6.45, 7) is 2.17. The van der Waals surface area contributed by atoms with Gasteiger partial charge in [-0.1, -0.05) is 70.5 Å². The number of aryl methyl sites for hydroxylation is 1. The van der Waals surface area contributed by atoms with Gasteiger partial charge in [-0.05, 0) is 42.1 Å². The summed E-state index contributed by atoms with van der Waals surface area (Å²) < 4.78 is 3.53. The van der Waals surface area contributed by atoms with E-state index in [1.165, 1.54) is 43.8 Å². The highest BCUT2D eigenvalue weighted by Gasteiger charge is 2.16. The molecule has 0 radical (unpaired) electrons. The van der Waals surface area contributed by atoms with E-state index >= 15 is 0 Å². The molecule has 120 valence electrons. The number of halogens is 1. The maximum Gasteiger partial charge on any atom is 0.0548 e. The molecule has 1 nitrogen and oxygen atoms in total. The van der Waals surface area contributed by atoms with E-state index in [1.54, 1.807) is 0 Å². The molecule has 0 fully saturated rings. The molecule has 0 N–H and O–H groups in total. The lowest BCUT2D eigenvalue weighted by Gasteiger charge is -2.11. The molecule has 1 aromatic heterocycles. The van der Waals surface area contributed by atoms with Gasteiger partial charge in [0.1, 0.15) is 0 Å². The normalized spacial score (nSPS) is 11.6. The summed E-state index contributed by atoms with van der Waals surface area (Å²) in [7, 11) is 0. The second-order valence-electron chi connectivity index (χ2n) is 6.44. The smallest absolute Gasteiger partial charge is 0.0548 e. The molecule has 0 spiro atoms. The molecule has 0 aliphatic carbocycles. The third kappa shape index (κ3) is 2.07. The minimum Gasteiger partial charge on any atom is -0.309 e. The molecule has 0 unspecified atom stereocenters. The number of hydrogen-bond acceptors (Lipinski definition) is 0. The molecule has 25 heavy (non-hydrogen) atoms. The average molecular weight is 386 g/mol. The van der Waals surface area contributed by atoms with E-state index in [0.29, 0.717) is 0 Å². The Morgan fingerprint density at radius 1 is 0.680 bits per heavy atom. The fourth-order valence-electron chi connectivity index (χ4n) is 3.87. The highest BCUT2D eigenvalue weighted by molar-refractivity contribution is 9.10. The van der Waals surface area contributed by atoms with Crippen LogP contribution < -0.4 is 0 Å². The molecular formula is C23H16BrN. The lowest BCUT2D eigenvalue weighted by molar-refractivity contribution is 1.15. The van der Waals surface area contributed by atoms with Crippen LogP contribution in [0.15, 0.2) is 83.3 Å². The van der Waals surface area contributed by atoms with Gasteiger partial charge >= 0.3 is 0 Å². The number of nitrogens with zero attached hydrogens (tertiary/aromatic N) is 1. The van der Waals surface area contributed by atoms with E-state index in [4.69, 9.17) is 0 Å². The maximum absolute atomic E-state index is 3.77. The molecule has 4 aromatic carbocycles. The third-order valence-corrected chi connectivity index (χ3v) is 5.65. The van der Waals surface area contributed by atoms with E-state index in [-0.39, 0.29) is 0 Å². The summed E-state index contributed by atoms with van der Waals surface area (Å²) in [6.07, 6.45) is 0. The van der Waals surface area contributed by atoms with Crippen LogP contribution in [0.1, 0.15) is 5.56 Å². The molecule has 0 amide bonds. The second kappa shape index (κ2) is 5.47. The molecule has 5 rings (SSSR count). The predicted octanol–water partition coefficient (Wildman–Crippen LogP) is 7.01. The number of rotatable bonds is 1. The standard InChI is InChI=1S/C23H16BrN/c1-15-7-2-4-11-19(15)25-20-12-5-3-9-17(20)23-21(25)14-13-16-8-6-10-18(24)22(16)23/h2-14H,1H3. The molecule has 2 heteroatoms. The van der Waals surface area contributed by atoms with Gasteiger partial charge in [0.25, 0.3) is 0 Å². The summed E-state index contributed by atoms with van der Waals surface area (Å²) in [5.41, 5.74) is 5.00. The van der Waals surface area contributed by atoms with Crippen LogP contribution in [0, 0.1) is 6.92 Å². The number of aromatic nitrogens is 1. The predicted molar refractivity (Wildman–Crippen MR) is 111 cm³/mol. The van der Waals surface area contributed by atoms with Crippen molar-refractivity contribution < 1.29 is 0 Å². The zero-order valence-electron chi connectivity index (χ0n) is 13.8. The van der Waals surface area contributed by atoms with Crippen molar-refractivity contribution in [3.05, 3.63) is 88.9 Å². The highest BCUT2D eigenvalue weighted by atomic mass is 79.9. The Balaban J connectivity index is 2.09. The highest BCUT2D eigenvalue weighted by Crippen LogP contribution is 2.39. The summed E-state index contributed by atoms with van der Waals surface area (Å²) in [5.74, 6) is 0. The van der Waals surface area contributed by atoms with E-state index < -0.39 is 0 Å². The van der Waals surface area contributed by atoms with Gasteiger partial charge < -0.3 is 4.57 Å². The number of benzene rings is 4. The van der Waals surface area contributed by atoms with Gasteiger partial charge in [-0.15, -0.1) is 0 Å². The van der Waals surface area contributed by atoms with Crippen molar-refractivity contribution >= 4 is 48.5 Å². The average Bonchev–Trinajstić information content (AvgIpc) is 2.97. The van der Waals surface area contributed by atoms with Crippen LogP contribution in [0.4, 0.5) is 0 Å². The molecule has 0 saturated carbocycles. The molecule has 0 aliphatic heterocycles. The minimum absolute atomic E-state index is 1.14. The van der Waals surface area contributed by atoms with Gasteiger partial charge in [0.15, 0.2) is 0 Å². The van der Waals surface area contributed by atoms with E-state index in [9.17, 15) is 0 Å². The Labute approximate surface area is 154 Å². The lowest BCUT2D eigenvalue weighted by atomic mass is 10.0. The largest absolute Gasteiger partial charge is 0.309 e. The Morgan fingerprint density at radius 2 is 1.48 bits per heavy atom. The number of fused-ring (bicyclic) bond motifs is 5. The van der Waals surface area contributed by atoms with Gasteiger partial charge in [0.05, 0.1) is 11.0 Å². The van der Waals surface area contributed by atoms with Crippen molar-refractivity contribution in [2.24, 2.45) is 0 Å². The van der Waals surface area contributed by atoms with Crippen molar-refractivity contribution in [2.45, 2.75) is 6.92 Å². The summed E-state index contributed by atoms with van der Waals surface area (Å²) in [5, 5.41) is 5.14. The van der Waals surface area contributed by atoms with Crippen molar-refractivity contribution in [3.63, 3.8) is 0 Å². The Kier molecular flexibility index (Phi) is 3.22. The summed E-state index contributed by atoms with van der Waals surface area (Å²) >= 11 is 3.77. The fourth-order valence-corrected chi connectivity index (χ4v) is 4.45. The zero-order chi connectivity index (χ0) is 17.0.